The molecular weight excluding hydrogens is 414 g/mol. The summed E-state index contributed by atoms with van der Waals surface area (Å²) in [6, 6.07) is 9.18. The van der Waals surface area contributed by atoms with Crippen molar-refractivity contribution in [3.63, 3.8) is 0 Å². The maximum absolute atomic E-state index is 11.9. The van der Waals surface area contributed by atoms with E-state index < -0.39 is 22.5 Å². The third kappa shape index (κ3) is 4.30. The van der Waals surface area contributed by atoms with E-state index in [-0.39, 0.29) is 6.10 Å². The highest BCUT2D eigenvalue weighted by molar-refractivity contribution is 7.80. The number of amides is 2. The number of aromatic nitrogens is 2. The van der Waals surface area contributed by atoms with Gasteiger partial charge in [-0.2, -0.15) is 18.6 Å². The molecule has 160 valence electrons. The fraction of sp³-hybridized carbons (Fsp3) is 0.389. The number of hydrogen-bond acceptors (Lipinski definition) is 7. The second-order valence-electron chi connectivity index (χ2n) is 7.12. The molecule has 3 aliphatic rings. The van der Waals surface area contributed by atoms with Crippen LogP contribution in [0.25, 0.3) is 0 Å². The van der Waals surface area contributed by atoms with E-state index in [4.69, 9.17) is 9.39 Å². The fourth-order valence-electron chi connectivity index (χ4n) is 3.64. The number of urea groups is 1. The van der Waals surface area contributed by atoms with Gasteiger partial charge in [-0.3, -0.25) is 9.23 Å². The van der Waals surface area contributed by atoms with Gasteiger partial charge in [0, 0.05) is 31.7 Å². The first-order valence-electron chi connectivity index (χ1n) is 9.29. The first-order chi connectivity index (χ1) is 14.3. The van der Waals surface area contributed by atoms with Gasteiger partial charge in [0.1, 0.15) is 12.1 Å². The molecule has 2 bridgehead atoms. The Morgan fingerprint density at radius 1 is 1.30 bits per heavy atom. The van der Waals surface area contributed by atoms with Crippen LogP contribution in [0, 0.1) is 0 Å². The van der Waals surface area contributed by atoms with Crippen molar-refractivity contribution in [1.29, 1.82) is 0 Å². The Morgan fingerprint density at radius 3 is 2.73 bits per heavy atom. The Hall–Kier alpha value is -2.96. The number of hydroxylamine groups is 2. The van der Waals surface area contributed by atoms with E-state index in [1.807, 2.05) is 24.4 Å². The highest BCUT2D eigenvalue weighted by atomic mass is 32.3. The Morgan fingerprint density at radius 2 is 2.07 bits per heavy atom. The number of carbonyl (C=O) groups is 1. The number of nitrogens with zero attached hydrogens (tertiary/aromatic N) is 5. The average molecular weight is 435 g/mol. The molecule has 4 heterocycles. The molecule has 11 nitrogen and oxygen atoms in total. The van der Waals surface area contributed by atoms with Crippen molar-refractivity contribution in [3.8, 4) is 0 Å². The zero-order valence-electron chi connectivity index (χ0n) is 16.2. The van der Waals surface area contributed by atoms with E-state index in [0.29, 0.717) is 18.2 Å². The van der Waals surface area contributed by atoms with Gasteiger partial charge in [0.2, 0.25) is 0 Å². The Bertz CT molecular complexity index is 1050. The first-order valence-corrected chi connectivity index (χ1v) is 10.7. The zero-order valence-corrected chi connectivity index (χ0v) is 17.0. The lowest BCUT2D eigenvalue weighted by atomic mass is 10.1. The van der Waals surface area contributed by atoms with Crippen LogP contribution in [-0.4, -0.2) is 57.6 Å². The van der Waals surface area contributed by atoms with Crippen molar-refractivity contribution in [1.82, 2.24) is 19.7 Å². The summed E-state index contributed by atoms with van der Waals surface area (Å²) in [5.74, 6) is 0. The number of aryl methyl sites for hydroxylation is 1. The number of rotatable bonds is 4. The van der Waals surface area contributed by atoms with Crippen LogP contribution in [0.15, 0.2) is 41.7 Å². The minimum absolute atomic E-state index is 0.257. The van der Waals surface area contributed by atoms with E-state index in [9.17, 15) is 13.2 Å². The molecule has 2 unspecified atom stereocenters. The van der Waals surface area contributed by atoms with Gasteiger partial charge >= 0.3 is 16.4 Å². The number of hydrogen-bond donors (Lipinski definition) is 1. The minimum Gasteiger partial charge on any atom is -0.392 e. The van der Waals surface area contributed by atoms with E-state index in [1.165, 1.54) is 10.5 Å². The van der Waals surface area contributed by atoms with Crippen LogP contribution in [0.1, 0.15) is 29.3 Å². The molecule has 1 saturated heterocycles. The van der Waals surface area contributed by atoms with Gasteiger partial charge in [0.25, 0.3) is 0 Å². The third-order valence-electron chi connectivity index (χ3n) is 5.06. The van der Waals surface area contributed by atoms with Crippen LogP contribution in [0.4, 0.5) is 4.79 Å². The average Bonchev–Trinajstić information content (AvgIpc) is 3.40. The van der Waals surface area contributed by atoms with E-state index in [2.05, 4.69) is 26.7 Å². The Kier molecular flexibility index (Phi) is 5.45. The van der Waals surface area contributed by atoms with Crippen molar-refractivity contribution in [2.24, 2.45) is 12.2 Å². The summed E-state index contributed by atoms with van der Waals surface area (Å²) < 4.78 is 36.1. The molecule has 0 radical (unpaired) electrons. The van der Waals surface area contributed by atoms with Crippen molar-refractivity contribution >= 4 is 22.6 Å². The van der Waals surface area contributed by atoms with Gasteiger partial charge in [-0.15, -0.1) is 4.28 Å². The molecule has 0 spiro atoms. The van der Waals surface area contributed by atoms with Crippen LogP contribution in [0.3, 0.4) is 0 Å². The van der Waals surface area contributed by atoms with Crippen LogP contribution >= 0.6 is 0 Å². The standard InChI is InChI=1S/C10H11NO.C8H10N4O5S/c1-2-4-9(5-3-1)8-10-6-7-11-12-10;1-10-6-3-11-4-7(5(6)2-9-10)12(8(11)13)17-18(14,15)16/h1-5,7,10H,6,8H2;2,7H,3-4H2,1H3,(H,14,15,16). The molecule has 0 saturated carbocycles. The maximum atomic E-state index is 11.9. The summed E-state index contributed by atoms with van der Waals surface area (Å²) in [6.45, 7) is 0.652. The predicted octanol–water partition coefficient (Wildman–Crippen LogP) is 1.45. The summed E-state index contributed by atoms with van der Waals surface area (Å²) in [5.41, 5.74) is 2.86. The second kappa shape index (κ2) is 8.05. The minimum atomic E-state index is -4.72. The highest BCUT2D eigenvalue weighted by Crippen LogP contribution is 2.37. The van der Waals surface area contributed by atoms with Crippen LogP contribution in [0.5, 0.6) is 0 Å². The predicted molar refractivity (Wildman–Crippen MR) is 104 cm³/mol. The molecule has 1 fully saturated rings. The molecule has 2 aromatic rings. The molecule has 5 rings (SSSR count). The first kappa shape index (κ1) is 20.3. The summed E-state index contributed by atoms with van der Waals surface area (Å²) >= 11 is 0. The molecule has 1 aromatic heterocycles. The molecular formula is C18H21N5O6S. The van der Waals surface area contributed by atoms with Gasteiger partial charge in [0.05, 0.1) is 25.0 Å². The lowest BCUT2D eigenvalue weighted by molar-refractivity contribution is -0.0316. The summed E-state index contributed by atoms with van der Waals surface area (Å²) in [6.07, 6.45) is 5.55. The second-order valence-corrected chi connectivity index (χ2v) is 8.12. The molecule has 30 heavy (non-hydrogen) atoms. The number of carbonyl (C=O) groups excluding carboxylic acids is 1. The lowest BCUT2D eigenvalue weighted by Crippen LogP contribution is -2.32. The Labute approximate surface area is 173 Å². The highest BCUT2D eigenvalue weighted by Gasteiger charge is 2.47. The normalized spacial score (nSPS) is 21.9. The maximum Gasteiger partial charge on any atom is 0.418 e. The largest absolute Gasteiger partial charge is 0.418 e. The summed E-state index contributed by atoms with van der Waals surface area (Å²) in [4.78, 5) is 18.4. The van der Waals surface area contributed by atoms with E-state index in [0.717, 1.165) is 24.1 Å². The quantitative estimate of drug-likeness (QED) is 0.720. The van der Waals surface area contributed by atoms with Gasteiger partial charge in [-0.25, -0.2) is 4.79 Å². The van der Waals surface area contributed by atoms with Crippen molar-refractivity contribution < 1.29 is 26.9 Å². The number of fused-ring (bicyclic) bond motifs is 4. The van der Waals surface area contributed by atoms with Crippen molar-refractivity contribution in [2.45, 2.75) is 31.5 Å². The van der Waals surface area contributed by atoms with Crippen molar-refractivity contribution in [2.75, 3.05) is 6.54 Å². The topological polar surface area (TPSA) is 127 Å². The molecule has 3 aliphatic heterocycles. The molecule has 2 amide bonds. The fourth-order valence-corrected chi connectivity index (χ4v) is 4.01. The summed E-state index contributed by atoms with van der Waals surface area (Å²) in [7, 11) is -2.98. The molecule has 1 aromatic carbocycles. The van der Waals surface area contributed by atoms with Crippen LogP contribution < -0.4 is 0 Å². The van der Waals surface area contributed by atoms with E-state index in [1.54, 1.807) is 17.9 Å². The lowest BCUT2D eigenvalue weighted by Gasteiger charge is -2.21. The third-order valence-corrected chi connectivity index (χ3v) is 5.41. The Balaban J connectivity index is 0.000000158. The smallest absolute Gasteiger partial charge is 0.392 e. The molecule has 1 N–H and O–H groups in total. The van der Waals surface area contributed by atoms with E-state index >= 15 is 0 Å². The number of benzene rings is 1. The monoisotopic (exact) mass is 435 g/mol. The molecule has 12 heteroatoms. The zero-order chi connectivity index (χ0) is 21.3. The molecule has 0 aliphatic carbocycles. The molecule has 2 atom stereocenters. The SMILES string of the molecule is C1=NOC(Cc2ccccc2)C1.Cn1ncc2c1CN1CC2N(OS(=O)(=O)O)C1=O. The van der Waals surface area contributed by atoms with Gasteiger partial charge in [0.15, 0.2) is 0 Å². The number of oxime groups is 1. The van der Waals surface area contributed by atoms with Gasteiger partial charge in [-0.05, 0) is 5.56 Å². The van der Waals surface area contributed by atoms with Gasteiger partial charge < -0.3 is 9.74 Å². The van der Waals surface area contributed by atoms with Gasteiger partial charge in [-0.1, -0.05) is 35.5 Å². The van der Waals surface area contributed by atoms with Crippen LogP contribution in [0.2, 0.25) is 0 Å². The van der Waals surface area contributed by atoms with Crippen molar-refractivity contribution in [3.05, 3.63) is 53.3 Å². The van der Waals surface area contributed by atoms with Crippen LogP contribution in [-0.2, 0) is 39.5 Å². The summed E-state index contributed by atoms with van der Waals surface area (Å²) in [5, 5.41) is 8.46.